The lowest BCUT2D eigenvalue weighted by Gasteiger charge is -2.10. The first-order valence-electron chi connectivity index (χ1n) is 9.32. The molecule has 0 aliphatic heterocycles. The quantitative estimate of drug-likeness (QED) is 0.318. The molecule has 8 heteroatoms. The van der Waals surface area contributed by atoms with Gasteiger partial charge >= 0.3 is 5.97 Å². The molecule has 2 heterocycles. The Labute approximate surface area is 161 Å². The van der Waals surface area contributed by atoms with E-state index in [1.807, 2.05) is 35.6 Å². The van der Waals surface area contributed by atoms with Crippen molar-refractivity contribution in [3.63, 3.8) is 0 Å². The highest BCUT2D eigenvalue weighted by Crippen LogP contribution is 2.22. The highest BCUT2D eigenvalue weighted by atomic mass is 32.2. The van der Waals surface area contributed by atoms with Crippen molar-refractivity contribution in [2.24, 2.45) is 0 Å². The maximum absolute atomic E-state index is 12.9. The van der Waals surface area contributed by atoms with E-state index in [0.29, 0.717) is 29.5 Å². The van der Waals surface area contributed by atoms with Gasteiger partial charge in [0.1, 0.15) is 0 Å². The number of aryl methyl sites for hydroxylation is 1. The van der Waals surface area contributed by atoms with Crippen molar-refractivity contribution in [1.82, 2.24) is 19.2 Å². The molecule has 27 heavy (non-hydrogen) atoms. The number of hydrogen-bond donors (Lipinski definition) is 0. The molecule has 7 nitrogen and oxygen atoms in total. The normalized spacial score (nSPS) is 11.3. The summed E-state index contributed by atoms with van der Waals surface area (Å²) in [4.78, 5) is 24.8. The molecule has 0 spiro atoms. The van der Waals surface area contributed by atoms with Crippen LogP contribution in [0.2, 0.25) is 0 Å². The number of hydrogen-bond acceptors (Lipinski definition) is 6. The number of fused-ring (bicyclic) bond motifs is 3. The number of aromatic nitrogens is 4. The van der Waals surface area contributed by atoms with Crippen LogP contribution < -0.4 is 5.56 Å². The maximum atomic E-state index is 12.9. The van der Waals surface area contributed by atoms with Crippen LogP contribution in [0.3, 0.4) is 0 Å². The maximum Gasteiger partial charge on any atom is 0.316 e. The molecule has 0 fully saturated rings. The Kier molecular flexibility index (Phi) is 6.49. The highest BCUT2D eigenvalue weighted by Gasteiger charge is 2.17. The number of thioether (sulfide) groups is 1. The van der Waals surface area contributed by atoms with Crippen LogP contribution in [0.4, 0.5) is 0 Å². The Hall–Kier alpha value is -2.35. The number of esters is 1. The van der Waals surface area contributed by atoms with Crippen LogP contribution in [0.15, 0.2) is 34.2 Å². The Morgan fingerprint density at radius 2 is 1.93 bits per heavy atom. The van der Waals surface area contributed by atoms with E-state index >= 15 is 0 Å². The van der Waals surface area contributed by atoms with Crippen LogP contribution in [-0.4, -0.2) is 37.5 Å². The first-order valence-corrected chi connectivity index (χ1v) is 10.3. The van der Waals surface area contributed by atoms with E-state index in [4.69, 9.17) is 4.74 Å². The summed E-state index contributed by atoms with van der Waals surface area (Å²) in [7, 11) is 0. The van der Waals surface area contributed by atoms with Gasteiger partial charge in [-0.05, 0) is 25.0 Å². The second-order valence-corrected chi connectivity index (χ2v) is 7.25. The van der Waals surface area contributed by atoms with Crippen LogP contribution in [0.1, 0.15) is 39.5 Å². The number of rotatable bonds is 9. The molecule has 144 valence electrons. The largest absolute Gasteiger partial charge is 0.465 e. The number of ether oxygens (including phenoxy) is 1. The zero-order chi connectivity index (χ0) is 19.2. The van der Waals surface area contributed by atoms with Crippen molar-refractivity contribution in [2.45, 2.75) is 51.2 Å². The number of unbranched alkanes of at least 4 members (excludes halogenated alkanes) is 2. The fourth-order valence-corrected chi connectivity index (χ4v) is 3.58. The van der Waals surface area contributed by atoms with Gasteiger partial charge in [0.25, 0.3) is 5.56 Å². The lowest BCUT2D eigenvalue weighted by atomic mass is 10.2. The van der Waals surface area contributed by atoms with Crippen LogP contribution in [-0.2, 0) is 16.1 Å². The van der Waals surface area contributed by atoms with Crippen molar-refractivity contribution in [1.29, 1.82) is 0 Å². The first-order chi connectivity index (χ1) is 13.2. The van der Waals surface area contributed by atoms with Gasteiger partial charge in [-0.25, -0.2) is 0 Å². The summed E-state index contributed by atoms with van der Waals surface area (Å²) < 4.78 is 8.73. The molecule has 1 aromatic carbocycles. The summed E-state index contributed by atoms with van der Waals surface area (Å²) in [6.45, 7) is 5.16. The van der Waals surface area contributed by atoms with Crippen LogP contribution in [0, 0.1) is 0 Å². The SMILES string of the molecule is CCCCOC(=O)CSc1nnc2n(CCCC)c(=O)c3ccccc3n12. The molecule has 0 atom stereocenters. The van der Waals surface area contributed by atoms with Gasteiger partial charge in [0.2, 0.25) is 5.78 Å². The molecule has 0 aliphatic rings. The number of benzene rings is 1. The number of carbonyl (C=O) groups excluding carboxylic acids is 1. The van der Waals surface area contributed by atoms with E-state index in [0.717, 1.165) is 31.2 Å². The number of nitrogens with zero attached hydrogens (tertiary/aromatic N) is 4. The van der Waals surface area contributed by atoms with Gasteiger partial charge in [-0.2, -0.15) is 0 Å². The second-order valence-electron chi connectivity index (χ2n) is 6.31. The fourth-order valence-electron chi connectivity index (χ4n) is 2.84. The summed E-state index contributed by atoms with van der Waals surface area (Å²) in [6.07, 6.45) is 3.70. The van der Waals surface area contributed by atoms with Crippen molar-refractivity contribution < 1.29 is 9.53 Å². The molecular formula is C19H24N4O3S. The van der Waals surface area contributed by atoms with Gasteiger partial charge < -0.3 is 4.74 Å². The predicted octanol–water partition coefficient (Wildman–Crippen LogP) is 3.28. The minimum atomic E-state index is -0.270. The van der Waals surface area contributed by atoms with Gasteiger partial charge in [0.15, 0.2) is 5.16 Å². The minimum absolute atomic E-state index is 0.0607. The van der Waals surface area contributed by atoms with Crippen molar-refractivity contribution >= 4 is 34.4 Å². The minimum Gasteiger partial charge on any atom is -0.465 e. The summed E-state index contributed by atoms with van der Waals surface area (Å²) >= 11 is 1.28. The van der Waals surface area contributed by atoms with Gasteiger partial charge in [-0.3, -0.25) is 18.6 Å². The third kappa shape index (κ3) is 4.16. The molecule has 0 radical (unpaired) electrons. The lowest BCUT2D eigenvalue weighted by Crippen LogP contribution is -2.23. The summed E-state index contributed by atoms with van der Waals surface area (Å²) in [6, 6.07) is 7.42. The van der Waals surface area contributed by atoms with Gasteiger partial charge in [-0.15, -0.1) is 10.2 Å². The molecule has 0 saturated heterocycles. The topological polar surface area (TPSA) is 78.5 Å². The van der Waals surface area contributed by atoms with Crippen LogP contribution >= 0.6 is 11.8 Å². The zero-order valence-electron chi connectivity index (χ0n) is 15.7. The van der Waals surface area contributed by atoms with E-state index in [2.05, 4.69) is 17.1 Å². The third-order valence-electron chi connectivity index (χ3n) is 4.29. The molecule has 0 bridgehead atoms. The predicted molar refractivity (Wildman–Crippen MR) is 106 cm³/mol. The summed E-state index contributed by atoms with van der Waals surface area (Å²) in [5.74, 6) is 0.398. The second kappa shape index (κ2) is 9.03. The van der Waals surface area contributed by atoms with E-state index < -0.39 is 0 Å². The lowest BCUT2D eigenvalue weighted by molar-refractivity contribution is -0.140. The van der Waals surface area contributed by atoms with E-state index in [-0.39, 0.29) is 17.3 Å². The number of carbonyl (C=O) groups is 1. The summed E-state index contributed by atoms with van der Waals surface area (Å²) in [5, 5.41) is 9.67. The Balaban J connectivity index is 1.97. The van der Waals surface area contributed by atoms with Crippen molar-refractivity contribution in [3.8, 4) is 0 Å². The molecule has 2 aromatic heterocycles. The monoisotopic (exact) mass is 388 g/mol. The number of para-hydroxylation sites is 1. The van der Waals surface area contributed by atoms with Crippen molar-refractivity contribution in [3.05, 3.63) is 34.6 Å². The summed E-state index contributed by atoms with van der Waals surface area (Å²) in [5.41, 5.74) is 0.687. The molecule has 3 aromatic rings. The fraction of sp³-hybridized carbons (Fsp3) is 0.474. The van der Waals surface area contributed by atoms with Gasteiger partial charge in [-0.1, -0.05) is 50.6 Å². The Morgan fingerprint density at radius 1 is 1.15 bits per heavy atom. The van der Waals surface area contributed by atoms with Gasteiger partial charge in [0, 0.05) is 6.54 Å². The molecular weight excluding hydrogens is 364 g/mol. The van der Waals surface area contributed by atoms with Crippen LogP contribution in [0.25, 0.3) is 16.7 Å². The highest BCUT2D eigenvalue weighted by molar-refractivity contribution is 7.99. The molecule has 3 rings (SSSR count). The average molecular weight is 388 g/mol. The van der Waals surface area contributed by atoms with Crippen LogP contribution in [0.5, 0.6) is 0 Å². The molecule has 0 amide bonds. The van der Waals surface area contributed by atoms with E-state index in [1.165, 1.54) is 11.8 Å². The van der Waals surface area contributed by atoms with E-state index in [9.17, 15) is 9.59 Å². The van der Waals surface area contributed by atoms with Crippen molar-refractivity contribution in [2.75, 3.05) is 12.4 Å². The smallest absolute Gasteiger partial charge is 0.316 e. The molecule has 0 saturated carbocycles. The average Bonchev–Trinajstić information content (AvgIpc) is 3.10. The molecule has 0 unspecified atom stereocenters. The Bertz CT molecular complexity index is 996. The standard InChI is InChI=1S/C19H24N4O3S/c1-3-5-11-22-17(25)14-9-7-8-10-15(14)23-18(22)20-21-19(23)27-13-16(24)26-12-6-4-2/h7-10H,3-6,11-13H2,1-2H3. The van der Waals surface area contributed by atoms with Gasteiger partial charge in [0.05, 0.1) is 23.3 Å². The molecule has 0 aliphatic carbocycles. The Morgan fingerprint density at radius 3 is 2.70 bits per heavy atom. The first kappa shape index (κ1) is 19.4. The van der Waals surface area contributed by atoms with E-state index in [1.54, 1.807) is 4.57 Å². The third-order valence-corrected chi connectivity index (χ3v) is 5.20. The zero-order valence-corrected chi connectivity index (χ0v) is 16.5. The molecule has 0 N–H and O–H groups in total.